The number of carbonyl (C=O) groups is 2. The van der Waals surface area contributed by atoms with Crippen molar-refractivity contribution in [2.75, 3.05) is 6.67 Å². The predicted molar refractivity (Wildman–Crippen MR) is 64.0 cm³/mol. The van der Waals surface area contributed by atoms with Crippen molar-refractivity contribution in [2.24, 2.45) is 5.92 Å². The van der Waals surface area contributed by atoms with Gasteiger partial charge in [0.1, 0.15) is 12.3 Å². The predicted octanol–water partition coefficient (Wildman–Crippen LogP) is 2.31. The fourth-order valence-corrected chi connectivity index (χ4v) is 2.89. The van der Waals surface area contributed by atoms with Crippen molar-refractivity contribution >= 4 is 11.9 Å². The number of Topliss-reactive ketones (excluding diaryl/α,β-unsaturated/α-hetero) is 1. The van der Waals surface area contributed by atoms with E-state index in [1.165, 1.54) is 4.90 Å². The molecule has 0 radical (unpaired) electrons. The average Bonchev–Trinajstić information content (AvgIpc) is 2.26. The average molecular weight is 257 g/mol. The van der Waals surface area contributed by atoms with Crippen LogP contribution in [0.5, 0.6) is 0 Å². The number of rotatable bonds is 1. The molecule has 2 saturated heterocycles. The second-order valence-corrected chi connectivity index (χ2v) is 6.13. The summed E-state index contributed by atoms with van der Waals surface area (Å²) in [4.78, 5) is 25.3. The van der Waals surface area contributed by atoms with Gasteiger partial charge in [0.25, 0.3) is 0 Å². The third-order valence-electron chi connectivity index (χ3n) is 3.65. The molecule has 3 fully saturated rings. The van der Waals surface area contributed by atoms with Crippen molar-refractivity contribution in [3.8, 4) is 0 Å². The molecule has 3 atom stereocenters. The summed E-state index contributed by atoms with van der Waals surface area (Å²) in [6, 6.07) is -0.970. The molecule has 0 N–H and O–H groups in total. The van der Waals surface area contributed by atoms with Crippen LogP contribution < -0.4 is 0 Å². The van der Waals surface area contributed by atoms with Crippen LogP contribution >= 0.6 is 0 Å². The molecule has 4 nitrogen and oxygen atoms in total. The first-order chi connectivity index (χ1) is 8.33. The minimum atomic E-state index is -0.627. The number of hydrogen-bond acceptors (Lipinski definition) is 3. The Morgan fingerprint density at radius 3 is 2.61 bits per heavy atom. The summed E-state index contributed by atoms with van der Waals surface area (Å²) in [5, 5.41) is 0. The molecule has 0 aromatic heterocycles. The maximum absolute atomic E-state index is 13.1. The van der Waals surface area contributed by atoms with Gasteiger partial charge in [0, 0.05) is 6.42 Å². The number of piperidine rings is 2. The number of nitrogens with zero attached hydrogens (tertiary/aromatic N) is 1. The minimum absolute atomic E-state index is 0.0416. The molecule has 0 aromatic carbocycles. The molecule has 2 bridgehead atoms. The van der Waals surface area contributed by atoms with E-state index in [1.807, 2.05) is 0 Å². The van der Waals surface area contributed by atoms with Gasteiger partial charge in [-0.15, -0.1) is 0 Å². The van der Waals surface area contributed by atoms with Crippen LogP contribution in [0.4, 0.5) is 9.18 Å². The summed E-state index contributed by atoms with van der Waals surface area (Å²) in [6.07, 6.45) is 1.30. The lowest BCUT2D eigenvalue weighted by molar-refractivity contribution is -0.137. The van der Waals surface area contributed by atoms with Gasteiger partial charge in [0.2, 0.25) is 0 Å². The molecular weight excluding hydrogens is 237 g/mol. The Balaban J connectivity index is 2.18. The Morgan fingerprint density at radius 2 is 2.11 bits per heavy atom. The number of fused-ring (bicyclic) bond motifs is 3. The van der Waals surface area contributed by atoms with Gasteiger partial charge in [0.15, 0.2) is 5.78 Å². The standard InChI is InChI=1S/C13H20FNO3/c1-13(2,3)18-12(17)15-9-5-4-8(6-11(9)16)10(15)7-14/h8-10H,4-7H2,1-3H3. The largest absolute Gasteiger partial charge is 0.444 e. The topological polar surface area (TPSA) is 46.6 Å². The summed E-state index contributed by atoms with van der Waals surface area (Å²) < 4.78 is 18.4. The van der Waals surface area contributed by atoms with Crippen molar-refractivity contribution in [1.29, 1.82) is 0 Å². The lowest BCUT2D eigenvalue weighted by Crippen LogP contribution is -2.62. The first-order valence-electron chi connectivity index (χ1n) is 6.43. The zero-order valence-corrected chi connectivity index (χ0v) is 11.1. The molecule has 0 spiro atoms. The van der Waals surface area contributed by atoms with Crippen LogP contribution in [0.15, 0.2) is 0 Å². The summed E-state index contributed by atoms with van der Waals surface area (Å²) in [7, 11) is 0. The highest BCUT2D eigenvalue weighted by molar-refractivity contribution is 5.90. The van der Waals surface area contributed by atoms with Crippen molar-refractivity contribution in [2.45, 2.75) is 57.7 Å². The molecule has 0 aromatic rings. The van der Waals surface area contributed by atoms with Crippen LogP contribution in [0.2, 0.25) is 0 Å². The second-order valence-electron chi connectivity index (χ2n) is 6.13. The van der Waals surface area contributed by atoms with Crippen LogP contribution in [-0.2, 0) is 9.53 Å². The van der Waals surface area contributed by atoms with Crippen molar-refractivity contribution in [3.63, 3.8) is 0 Å². The van der Waals surface area contributed by atoms with E-state index in [0.29, 0.717) is 12.8 Å². The third-order valence-corrected chi connectivity index (χ3v) is 3.65. The van der Waals surface area contributed by atoms with Gasteiger partial charge in [-0.3, -0.25) is 9.69 Å². The van der Waals surface area contributed by atoms with Gasteiger partial charge in [-0.05, 0) is 39.5 Å². The van der Waals surface area contributed by atoms with Crippen molar-refractivity contribution in [1.82, 2.24) is 4.90 Å². The highest BCUT2D eigenvalue weighted by atomic mass is 19.1. The first kappa shape index (κ1) is 13.3. The summed E-state index contributed by atoms with van der Waals surface area (Å²) >= 11 is 0. The van der Waals surface area contributed by atoms with E-state index in [4.69, 9.17) is 4.74 Å². The van der Waals surface area contributed by atoms with E-state index in [2.05, 4.69) is 0 Å². The number of hydrogen-bond donors (Lipinski definition) is 0. The van der Waals surface area contributed by atoms with Gasteiger partial charge in [-0.1, -0.05) is 0 Å². The molecule has 2 heterocycles. The maximum atomic E-state index is 13.1. The van der Waals surface area contributed by atoms with Crippen LogP contribution in [0, 0.1) is 5.92 Å². The normalized spacial score (nSPS) is 31.7. The van der Waals surface area contributed by atoms with Crippen molar-refractivity contribution < 1.29 is 18.7 Å². The van der Waals surface area contributed by atoms with E-state index in [1.54, 1.807) is 20.8 Å². The summed E-state index contributed by atoms with van der Waals surface area (Å²) in [5.41, 5.74) is -0.627. The summed E-state index contributed by atoms with van der Waals surface area (Å²) in [6.45, 7) is 4.69. The molecule has 1 amide bonds. The molecule has 3 unspecified atom stereocenters. The summed E-state index contributed by atoms with van der Waals surface area (Å²) in [5.74, 6) is 0.00169. The zero-order chi connectivity index (χ0) is 13.5. The van der Waals surface area contributed by atoms with Gasteiger partial charge < -0.3 is 4.74 Å². The Labute approximate surface area is 106 Å². The van der Waals surface area contributed by atoms with Gasteiger partial charge in [-0.2, -0.15) is 0 Å². The fraction of sp³-hybridized carbons (Fsp3) is 0.846. The van der Waals surface area contributed by atoms with Crippen LogP contribution in [0.3, 0.4) is 0 Å². The molecule has 3 aliphatic rings. The van der Waals surface area contributed by atoms with Crippen LogP contribution in [-0.4, -0.2) is 41.1 Å². The number of carbonyl (C=O) groups excluding carboxylic acids is 2. The van der Waals surface area contributed by atoms with Gasteiger partial charge in [0.05, 0.1) is 12.1 Å². The van der Waals surface area contributed by atoms with E-state index >= 15 is 0 Å². The Hall–Kier alpha value is -1.13. The van der Waals surface area contributed by atoms with E-state index in [0.717, 1.165) is 6.42 Å². The second kappa shape index (κ2) is 4.52. The number of ether oxygens (including phenoxy) is 1. The Morgan fingerprint density at radius 1 is 1.44 bits per heavy atom. The van der Waals surface area contributed by atoms with Crippen LogP contribution in [0.25, 0.3) is 0 Å². The van der Waals surface area contributed by atoms with E-state index < -0.39 is 30.5 Å². The monoisotopic (exact) mass is 257 g/mol. The Bertz CT molecular complexity index is 364. The molecular formula is C13H20FNO3. The minimum Gasteiger partial charge on any atom is -0.444 e. The molecule has 1 aliphatic carbocycles. The van der Waals surface area contributed by atoms with Crippen molar-refractivity contribution in [3.05, 3.63) is 0 Å². The SMILES string of the molecule is CC(C)(C)OC(=O)N1C2CCC(CC2=O)C1CF. The smallest absolute Gasteiger partial charge is 0.411 e. The van der Waals surface area contributed by atoms with E-state index in [-0.39, 0.29) is 11.7 Å². The molecule has 3 rings (SSSR count). The van der Waals surface area contributed by atoms with Crippen LogP contribution in [0.1, 0.15) is 40.0 Å². The fourth-order valence-electron chi connectivity index (χ4n) is 2.89. The first-order valence-corrected chi connectivity index (χ1v) is 6.43. The highest BCUT2D eigenvalue weighted by Gasteiger charge is 2.49. The number of amides is 1. The maximum Gasteiger partial charge on any atom is 0.411 e. The lowest BCUT2D eigenvalue weighted by atomic mass is 9.74. The molecule has 18 heavy (non-hydrogen) atoms. The number of alkyl halides is 1. The Kier molecular flexibility index (Phi) is 3.34. The molecule has 5 heteroatoms. The quantitative estimate of drug-likeness (QED) is 0.724. The molecule has 2 aliphatic heterocycles. The van der Waals surface area contributed by atoms with Gasteiger partial charge in [-0.25, -0.2) is 9.18 Å². The third kappa shape index (κ3) is 2.35. The number of ketones is 1. The zero-order valence-electron chi connectivity index (χ0n) is 11.1. The lowest BCUT2D eigenvalue weighted by Gasteiger charge is -2.49. The molecule has 102 valence electrons. The molecule has 1 saturated carbocycles. The van der Waals surface area contributed by atoms with E-state index in [9.17, 15) is 14.0 Å². The highest BCUT2D eigenvalue weighted by Crippen LogP contribution is 2.38. The number of halogens is 1. The van der Waals surface area contributed by atoms with Gasteiger partial charge >= 0.3 is 6.09 Å².